The van der Waals surface area contributed by atoms with Crippen molar-refractivity contribution in [3.63, 3.8) is 0 Å². The topological polar surface area (TPSA) is 76.4 Å². The molecule has 1 amide bonds. The van der Waals surface area contributed by atoms with Crippen LogP contribution in [-0.4, -0.2) is 44.8 Å². The predicted molar refractivity (Wildman–Crippen MR) is 69.8 cm³/mol. The summed E-state index contributed by atoms with van der Waals surface area (Å²) in [5.41, 5.74) is 5.41. The number of rotatable bonds is 9. The lowest BCUT2D eigenvalue weighted by molar-refractivity contribution is -0.122. The molecule has 0 fully saturated rings. The summed E-state index contributed by atoms with van der Waals surface area (Å²) in [7, 11) is 1.63. The predicted octanol–water partition coefficient (Wildman–Crippen LogP) is 0.102. The molecule has 4 N–H and O–H groups in total. The fourth-order valence-corrected chi connectivity index (χ4v) is 1.84. The molecular formula is C12H27N3O2. The van der Waals surface area contributed by atoms with Crippen molar-refractivity contribution in [2.75, 3.05) is 33.4 Å². The van der Waals surface area contributed by atoms with Crippen LogP contribution in [0.1, 0.15) is 27.2 Å². The highest BCUT2D eigenvalue weighted by molar-refractivity contribution is 5.78. The number of nitrogens with two attached hydrogens (primary N) is 1. The van der Waals surface area contributed by atoms with E-state index in [-0.39, 0.29) is 11.4 Å². The van der Waals surface area contributed by atoms with E-state index in [2.05, 4.69) is 24.5 Å². The Balaban J connectivity index is 3.97. The number of hydrogen-bond donors (Lipinski definition) is 3. The van der Waals surface area contributed by atoms with Crippen LogP contribution in [0, 0.1) is 5.92 Å². The van der Waals surface area contributed by atoms with E-state index in [0.717, 1.165) is 6.42 Å². The number of nitrogens with one attached hydrogen (secondary N) is 2. The summed E-state index contributed by atoms with van der Waals surface area (Å²) >= 11 is 0. The zero-order valence-electron chi connectivity index (χ0n) is 11.5. The van der Waals surface area contributed by atoms with Gasteiger partial charge in [-0.05, 0) is 19.3 Å². The van der Waals surface area contributed by atoms with Crippen LogP contribution in [0.3, 0.4) is 0 Å². The monoisotopic (exact) mass is 245 g/mol. The van der Waals surface area contributed by atoms with Crippen LogP contribution in [0.4, 0.5) is 0 Å². The van der Waals surface area contributed by atoms with Gasteiger partial charge in [0.15, 0.2) is 0 Å². The molecule has 0 aliphatic heterocycles. The van der Waals surface area contributed by atoms with Gasteiger partial charge in [-0.2, -0.15) is 0 Å². The normalized spacial score (nSPS) is 14.7. The summed E-state index contributed by atoms with van der Waals surface area (Å²) in [5, 5.41) is 5.99. The minimum Gasteiger partial charge on any atom is -0.383 e. The van der Waals surface area contributed by atoms with E-state index in [1.54, 1.807) is 7.11 Å². The Morgan fingerprint density at radius 2 is 2.12 bits per heavy atom. The van der Waals surface area contributed by atoms with Crippen LogP contribution in [0.2, 0.25) is 0 Å². The van der Waals surface area contributed by atoms with Gasteiger partial charge >= 0.3 is 0 Å². The fraction of sp³-hybridized carbons (Fsp3) is 0.917. The molecule has 1 atom stereocenters. The molecule has 17 heavy (non-hydrogen) atoms. The zero-order chi connectivity index (χ0) is 13.3. The van der Waals surface area contributed by atoms with Crippen molar-refractivity contribution in [3.05, 3.63) is 0 Å². The molecule has 0 aromatic rings. The number of amides is 1. The van der Waals surface area contributed by atoms with Crippen LogP contribution >= 0.6 is 0 Å². The van der Waals surface area contributed by atoms with Crippen LogP contribution in [0.5, 0.6) is 0 Å². The number of methoxy groups -OCH3 is 1. The van der Waals surface area contributed by atoms with Crippen molar-refractivity contribution in [3.8, 4) is 0 Å². The van der Waals surface area contributed by atoms with Crippen molar-refractivity contribution < 1.29 is 9.53 Å². The van der Waals surface area contributed by atoms with Crippen molar-refractivity contribution in [1.29, 1.82) is 0 Å². The molecule has 0 saturated heterocycles. The minimum absolute atomic E-state index is 0.0188. The first kappa shape index (κ1) is 16.4. The number of ether oxygens (including phenoxy) is 1. The second kappa shape index (κ2) is 8.44. The number of carbonyl (C=O) groups excluding carboxylic acids is 1. The molecule has 102 valence electrons. The maximum atomic E-state index is 11.7. The molecule has 0 saturated carbocycles. The third kappa shape index (κ3) is 8.12. The largest absolute Gasteiger partial charge is 0.383 e. The Bertz CT molecular complexity index is 222. The Morgan fingerprint density at radius 3 is 2.59 bits per heavy atom. The van der Waals surface area contributed by atoms with Gasteiger partial charge in [-0.3, -0.25) is 4.79 Å². The summed E-state index contributed by atoms with van der Waals surface area (Å²) in [6.45, 7) is 8.26. The fourth-order valence-electron chi connectivity index (χ4n) is 1.84. The lowest BCUT2D eigenvalue weighted by Crippen LogP contribution is -2.54. The molecule has 0 rings (SSSR count). The number of hydrogen-bond acceptors (Lipinski definition) is 4. The first-order chi connectivity index (χ1) is 7.93. The molecule has 0 aromatic heterocycles. The van der Waals surface area contributed by atoms with Crippen molar-refractivity contribution in [2.45, 2.75) is 32.7 Å². The summed E-state index contributed by atoms with van der Waals surface area (Å²) in [5.74, 6) is 0.486. The molecule has 5 heteroatoms. The van der Waals surface area contributed by atoms with Gasteiger partial charge in [0.05, 0.1) is 13.2 Å². The summed E-state index contributed by atoms with van der Waals surface area (Å²) in [4.78, 5) is 11.7. The van der Waals surface area contributed by atoms with Crippen LogP contribution < -0.4 is 16.4 Å². The van der Waals surface area contributed by atoms with Gasteiger partial charge in [0.1, 0.15) is 0 Å². The van der Waals surface area contributed by atoms with Gasteiger partial charge < -0.3 is 21.1 Å². The smallest absolute Gasteiger partial charge is 0.234 e. The maximum Gasteiger partial charge on any atom is 0.234 e. The van der Waals surface area contributed by atoms with Gasteiger partial charge in [0.2, 0.25) is 5.91 Å². The second-order valence-corrected chi connectivity index (χ2v) is 5.08. The Hall–Kier alpha value is -0.650. The minimum atomic E-state index is -0.311. The highest BCUT2D eigenvalue weighted by Gasteiger charge is 2.25. The van der Waals surface area contributed by atoms with Crippen molar-refractivity contribution in [2.24, 2.45) is 11.7 Å². The van der Waals surface area contributed by atoms with Gasteiger partial charge in [0, 0.05) is 25.7 Å². The Morgan fingerprint density at radius 1 is 1.47 bits per heavy atom. The average molecular weight is 245 g/mol. The molecule has 5 nitrogen and oxygen atoms in total. The summed E-state index contributed by atoms with van der Waals surface area (Å²) in [6.07, 6.45) is 0.882. The third-order valence-electron chi connectivity index (χ3n) is 2.52. The summed E-state index contributed by atoms with van der Waals surface area (Å²) < 4.78 is 4.88. The van der Waals surface area contributed by atoms with Crippen LogP contribution in [0.15, 0.2) is 0 Å². The van der Waals surface area contributed by atoms with Gasteiger partial charge in [-0.1, -0.05) is 13.8 Å². The van der Waals surface area contributed by atoms with E-state index in [4.69, 9.17) is 10.5 Å². The first-order valence-corrected chi connectivity index (χ1v) is 6.14. The summed E-state index contributed by atoms with van der Waals surface area (Å²) in [6, 6.07) is 0. The lowest BCUT2D eigenvalue weighted by Gasteiger charge is -2.31. The SMILES string of the molecule is COCCNCC(=O)NC(C)(CN)CC(C)C. The van der Waals surface area contributed by atoms with E-state index in [9.17, 15) is 4.79 Å². The van der Waals surface area contributed by atoms with Gasteiger partial charge in [-0.15, -0.1) is 0 Å². The molecule has 0 aliphatic carbocycles. The van der Waals surface area contributed by atoms with Gasteiger partial charge in [0.25, 0.3) is 0 Å². The quantitative estimate of drug-likeness (QED) is 0.504. The second-order valence-electron chi connectivity index (χ2n) is 5.08. The lowest BCUT2D eigenvalue weighted by atomic mass is 9.91. The third-order valence-corrected chi connectivity index (χ3v) is 2.52. The zero-order valence-corrected chi connectivity index (χ0v) is 11.5. The molecule has 0 aromatic carbocycles. The van der Waals surface area contributed by atoms with Crippen LogP contribution in [-0.2, 0) is 9.53 Å². The van der Waals surface area contributed by atoms with Gasteiger partial charge in [-0.25, -0.2) is 0 Å². The van der Waals surface area contributed by atoms with Crippen LogP contribution in [0.25, 0.3) is 0 Å². The molecule has 1 unspecified atom stereocenters. The van der Waals surface area contributed by atoms with E-state index < -0.39 is 0 Å². The highest BCUT2D eigenvalue weighted by atomic mass is 16.5. The van der Waals surface area contributed by atoms with Crippen molar-refractivity contribution in [1.82, 2.24) is 10.6 Å². The molecule has 0 aliphatic rings. The standard InChI is InChI=1S/C12H27N3O2/c1-10(2)7-12(3,9-13)15-11(16)8-14-5-6-17-4/h10,14H,5-9,13H2,1-4H3,(H,15,16). The molecule has 0 radical (unpaired) electrons. The first-order valence-electron chi connectivity index (χ1n) is 6.14. The Kier molecular flexibility index (Phi) is 8.12. The van der Waals surface area contributed by atoms with E-state index in [0.29, 0.717) is 32.2 Å². The molecule has 0 spiro atoms. The Labute approximate surface area is 104 Å². The highest BCUT2D eigenvalue weighted by Crippen LogP contribution is 2.14. The molecule has 0 bridgehead atoms. The van der Waals surface area contributed by atoms with E-state index >= 15 is 0 Å². The van der Waals surface area contributed by atoms with E-state index in [1.807, 2.05) is 6.92 Å². The molecular weight excluding hydrogens is 218 g/mol. The maximum absolute atomic E-state index is 11.7. The van der Waals surface area contributed by atoms with E-state index in [1.165, 1.54) is 0 Å². The number of carbonyl (C=O) groups is 1. The average Bonchev–Trinajstić information content (AvgIpc) is 2.23. The van der Waals surface area contributed by atoms with Crippen molar-refractivity contribution >= 4 is 5.91 Å². The molecule has 0 heterocycles.